The highest BCUT2D eigenvalue weighted by Crippen LogP contribution is 2.05. The molecule has 0 heterocycles. The first kappa shape index (κ1) is 10.5. The summed E-state index contributed by atoms with van der Waals surface area (Å²) in [6.45, 7) is 11.1. The molecule has 1 heteroatoms. The monoisotopic (exact) mass is 155 g/mol. The largest absolute Gasteiger partial charge is 0.373 e. The molecule has 0 aromatic carbocycles. The highest BCUT2D eigenvalue weighted by atomic mass is 15.1. The average Bonchev–Trinajstić information content (AvgIpc) is 1.87. The standard InChI is InChI=1S/C10H21N/c1-6-7-8-11(9(2)3)10(4)5/h7-10H,6H2,1-5H3/b8-7+. The quantitative estimate of drug-likeness (QED) is 0.603. The average molecular weight is 155 g/mol. The van der Waals surface area contributed by atoms with E-state index in [1.165, 1.54) is 0 Å². The van der Waals surface area contributed by atoms with E-state index >= 15 is 0 Å². The molecule has 0 saturated heterocycles. The van der Waals surface area contributed by atoms with Crippen LogP contribution in [-0.2, 0) is 0 Å². The van der Waals surface area contributed by atoms with Crippen molar-refractivity contribution in [2.24, 2.45) is 0 Å². The highest BCUT2D eigenvalue weighted by Gasteiger charge is 2.06. The molecule has 0 aromatic heterocycles. The highest BCUT2D eigenvalue weighted by molar-refractivity contribution is 4.85. The number of allylic oxidation sites excluding steroid dienone is 1. The molecule has 0 rings (SSSR count). The number of hydrogen-bond donors (Lipinski definition) is 0. The topological polar surface area (TPSA) is 3.24 Å². The maximum absolute atomic E-state index is 2.36. The van der Waals surface area contributed by atoms with Gasteiger partial charge in [0.1, 0.15) is 0 Å². The van der Waals surface area contributed by atoms with Crippen LogP contribution in [0, 0.1) is 0 Å². The summed E-state index contributed by atoms with van der Waals surface area (Å²) >= 11 is 0. The van der Waals surface area contributed by atoms with Gasteiger partial charge in [-0.3, -0.25) is 0 Å². The van der Waals surface area contributed by atoms with Gasteiger partial charge in [-0.05, 0) is 40.3 Å². The molecular weight excluding hydrogens is 134 g/mol. The molecule has 0 bridgehead atoms. The molecule has 0 amide bonds. The zero-order valence-corrected chi connectivity index (χ0v) is 8.46. The van der Waals surface area contributed by atoms with Crippen LogP contribution < -0.4 is 0 Å². The van der Waals surface area contributed by atoms with Crippen LogP contribution in [0.1, 0.15) is 41.0 Å². The van der Waals surface area contributed by atoms with Crippen molar-refractivity contribution in [1.82, 2.24) is 4.90 Å². The summed E-state index contributed by atoms with van der Waals surface area (Å²) in [6.07, 6.45) is 5.53. The lowest BCUT2D eigenvalue weighted by atomic mass is 10.2. The lowest BCUT2D eigenvalue weighted by Gasteiger charge is -2.29. The van der Waals surface area contributed by atoms with Crippen LogP contribution in [0.5, 0.6) is 0 Å². The predicted octanol–water partition coefficient (Wildman–Crippen LogP) is 3.03. The molecule has 0 fully saturated rings. The van der Waals surface area contributed by atoms with Crippen molar-refractivity contribution in [3.05, 3.63) is 12.3 Å². The summed E-state index contributed by atoms with van der Waals surface area (Å²) in [5, 5.41) is 0. The van der Waals surface area contributed by atoms with Crippen LogP contribution in [-0.4, -0.2) is 17.0 Å². The molecule has 11 heavy (non-hydrogen) atoms. The molecule has 0 aromatic rings. The van der Waals surface area contributed by atoms with E-state index in [4.69, 9.17) is 0 Å². The van der Waals surface area contributed by atoms with Gasteiger partial charge in [-0.15, -0.1) is 0 Å². The van der Waals surface area contributed by atoms with Crippen LogP contribution in [0.25, 0.3) is 0 Å². The second-order valence-electron chi connectivity index (χ2n) is 3.43. The molecule has 0 N–H and O–H groups in total. The van der Waals surface area contributed by atoms with Crippen molar-refractivity contribution in [3.8, 4) is 0 Å². The lowest BCUT2D eigenvalue weighted by Crippen LogP contribution is -2.31. The summed E-state index contributed by atoms with van der Waals surface area (Å²) in [4.78, 5) is 2.36. The van der Waals surface area contributed by atoms with Crippen molar-refractivity contribution < 1.29 is 0 Å². The fourth-order valence-electron chi connectivity index (χ4n) is 1.17. The molecule has 66 valence electrons. The summed E-state index contributed by atoms with van der Waals surface area (Å²) in [7, 11) is 0. The minimum absolute atomic E-state index is 0.609. The molecule has 0 unspecified atom stereocenters. The Hall–Kier alpha value is -0.460. The smallest absolute Gasteiger partial charge is 0.0230 e. The van der Waals surface area contributed by atoms with Gasteiger partial charge in [0.15, 0.2) is 0 Å². The number of hydrogen-bond acceptors (Lipinski definition) is 1. The lowest BCUT2D eigenvalue weighted by molar-refractivity contribution is 0.255. The van der Waals surface area contributed by atoms with Crippen LogP contribution in [0.3, 0.4) is 0 Å². The Bertz CT molecular complexity index is 106. The first-order valence-electron chi connectivity index (χ1n) is 4.53. The van der Waals surface area contributed by atoms with E-state index in [2.05, 4.69) is 51.8 Å². The van der Waals surface area contributed by atoms with Gasteiger partial charge in [0.2, 0.25) is 0 Å². The van der Waals surface area contributed by atoms with E-state index in [0.29, 0.717) is 12.1 Å². The minimum atomic E-state index is 0.609. The van der Waals surface area contributed by atoms with Gasteiger partial charge < -0.3 is 4.90 Å². The van der Waals surface area contributed by atoms with Gasteiger partial charge in [0, 0.05) is 12.1 Å². The summed E-state index contributed by atoms with van der Waals surface area (Å²) in [5.41, 5.74) is 0. The van der Waals surface area contributed by atoms with E-state index in [1.807, 2.05) is 0 Å². The molecule has 0 aliphatic carbocycles. The first-order valence-corrected chi connectivity index (χ1v) is 4.53. The minimum Gasteiger partial charge on any atom is -0.373 e. The van der Waals surface area contributed by atoms with E-state index in [1.54, 1.807) is 0 Å². The van der Waals surface area contributed by atoms with Crippen LogP contribution in [0.15, 0.2) is 12.3 Å². The van der Waals surface area contributed by atoms with Crippen LogP contribution in [0.4, 0.5) is 0 Å². The van der Waals surface area contributed by atoms with Gasteiger partial charge in [-0.2, -0.15) is 0 Å². The molecule has 0 saturated carbocycles. The van der Waals surface area contributed by atoms with Crippen molar-refractivity contribution in [1.29, 1.82) is 0 Å². The molecule has 1 nitrogen and oxygen atoms in total. The number of nitrogens with zero attached hydrogens (tertiary/aromatic N) is 1. The second kappa shape index (κ2) is 5.22. The summed E-state index contributed by atoms with van der Waals surface area (Å²) in [6, 6.07) is 1.22. The van der Waals surface area contributed by atoms with E-state index in [-0.39, 0.29) is 0 Å². The fraction of sp³-hybridized carbons (Fsp3) is 0.800. The summed E-state index contributed by atoms with van der Waals surface area (Å²) in [5.74, 6) is 0. The third-order valence-electron chi connectivity index (χ3n) is 1.71. The van der Waals surface area contributed by atoms with Gasteiger partial charge in [-0.1, -0.05) is 13.0 Å². The van der Waals surface area contributed by atoms with E-state index in [0.717, 1.165) is 6.42 Å². The Morgan fingerprint density at radius 3 is 1.82 bits per heavy atom. The number of rotatable bonds is 4. The fourth-order valence-corrected chi connectivity index (χ4v) is 1.17. The summed E-state index contributed by atoms with van der Waals surface area (Å²) < 4.78 is 0. The van der Waals surface area contributed by atoms with Crippen LogP contribution in [0.2, 0.25) is 0 Å². The molecule has 0 aliphatic heterocycles. The SMILES string of the molecule is CC/C=C/N(C(C)C)C(C)C. The first-order chi connectivity index (χ1) is 5.09. The molecule has 0 aliphatic rings. The van der Waals surface area contributed by atoms with E-state index in [9.17, 15) is 0 Å². The third-order valence-corrected chi connectivity index (χ3v) is 1.71. The molecule has 0 atom stereocenters. The third kappa shape index (κ3) is 4.07. The Labute approximate surface area is 71.1 Å². The normalized spacial score (nSPS) is 11.9. The predicted molar refractivity (Wildman–Crippen MR) is 51.5 cm³/mol. The van der Waals surface area contributed by atoms with Gasteiger partial charge in [0.25, 0.3) is 0 Å². The van der Waals surface area contributed by atoms with E-state index < -0.39 is 0 Å². The Kier molecular flexibility index (Phi) is 5.01. The zero-order valence-electron chi connectivity index (χ0n) is 8.46. The molecule has 0 radical (unpaired) electrons. The zero-order chi connectivity index (χ0) is 8.85. The van der Waals surface area contributed by atoms with Crippen molar-refractivity contribution in [2.45, 2.75) is 53.1 Å². The van der Waals surface area contributed by atoms with Crippen molar-refractivity contribution in [3.63, 3.8) is 0 Å². The Morgan fingerprint density at radius 1 is 1.09 bits per heavy atom. The van der Waals surface area contributed by atoms with Gasteiger partial charge in [0.05, 0.1) is 0 Å². The molecular formula is C10H21N. The Balaban J connectivity index is 4.00. The van der Waals surface area contributed by atoms with Gasteiger partial charge >= 0.3 is 0 Å². The van der Waals surface area contributed by atoms with Crippen molar-refractivity contribution >= 4 is 0 Å². The van der Waals surface area contributed by atoms with Crippen LogP contribution >= 0.6 is 0 Å². The second-order valence-corrected chi connectivity index (χ2v) is 3.43. The van der Waals surface area contributed by atoms with Gasteiger partial charge in [-0.25, -0.2) is 0 Å². The van der Waals surface area contributed by atoms with Crippen molar-refractivity contribution in [2.75, 3.05) is 0 Å². The Morgan fingerprint density at radius 2 is 1.55 bits per heavy atom. The maximum atomic E-state index is 2.36. The maximum Gasteiger partial charge on any atom is 0.0230 e. The molecule has 0 spiro atoms.